The highest BCUT2D eigenvalue weighted by Gasteiger charge is 2.31. The molecule has 3 aliphatic heterocycles. The van der Waals surface area contributed by atoms with Crippen LogP contribution in [0.2, 0.25) is 0 Å². The fourth-order valence-electron chi connectivity index (χ4n) is 5.80. The van der Waals surface area contributed by atoms with E-state index in [0.717, 1.165) is 92.9 Å². The molecule has 230 valence electrons. The van der Waals surface area contributed by atoms with Crippen LogP contribution in [0.25, 0.3) is 5.57 Å². The molecule has 1 N–H and O–H groups in total. The molecule has 0 atom stereocenters. The van der Waals surface area contributed by atoms with Gasteiger partial charge >= 0.3 is 0 Å². The Labute approximate surface area is 264 Å². The molecule has 3 aromatic carbocycles. The number of allylic oxidation sites excluding steroid dienone is 1. The van der Waals surface area contributed by atoms with Gasteiger partial charge in [0.25, 0.3) is 11.8 Å². The molecule has 3 heterocycles. The topological polar surface area (TPSA) is 74.4 Å². The summed E-state index contributed by atoms with van der Waals surface area (Å²) in [7, 11) is 0. The minimum atomic E-state index is -0.0771. The van der Waals surface area contributed by atoms with Gasteiger partial charge in [-0.15, -0.1) is 0 Å². The first-order valence-electron chi connectivity index (χ1n) is 15.5. The summed E-state index contributed by atoms with van der Waals surface area (Å²) in [6.07, 6.45) is 0.907. The van der Waals surface area contributed by atoms with Crippen LogP contribution in [0.1, 0.15) is 34.8 Å². The van der Waals surface area contributed by atoms with Crippen LogP contribution in [0.3, 0.4) is 0 Å². The molecule has 3 aromatic rings. The van der Waals surface area contributed by atoms with Crippen molar-refractivity contribution in [2.75, 3.05) is 75.5 Å². The molecule has 0 spiro atoms. The van der Waals surface area contributed by atoms with E-state index in [4.69, 9.17) is 9.47 Å². The second-order valence-electron chi connectivity index (χ2n) is 11.3. The van der Waals surface area contributed by atoms with E-state index in [0.29, 0.717) is 23.6 Å². The van der Waals surface area contributed by atoms with Gasteiger partial charge in [-0.3, -0.25) is 14.5 Å². The highest BCUT2D eigenvalue weighted by atomic mass is 32.2. The number of hydrogen-bond donors (Lipinski definition) is 1. The Kier molecular flexibility index (Phi) is 9.97. The molecule has 2 amide bonds. The Morgan fingerprint density at radius 1 is 0.841 bits per heavy atom. The number of para-hydroxylation sites is 1. The average Bonchev–Trinajstić information content (AvgIpc) is 3.08. The number of nitrogens with one attached hydrogen (secondary N) is 1. The molecule has 9 heteroatoms. The van der Waals surface area contributed by atoms with Crippen molar-refractivity contribution in [1.82, 2.24) is 10.2 Å². The van der Waals surface area contributed by atoms with Gasteiger partial charge < -0.3 is 24.6 Å². The van der Waals surface area contributed by atoms with Crippen LogP contribution in [0, 0.1) is 0 Å². The van der Waals surface area contributed by atoms with Crippen molar-refractivity contribution in [3.63, 3.8) is 0 Å². The van der Waals surface area contributed by atoms with E-state index in [-0.39, 0.29) is 11.8 Å². The molecule has 2 saturated heterocycles. The molecule has 0 aromatic heterocycles. The van der Waals surface area contributed by atoms with Gasteiger partial charge in [0.15, 0.2) is 0 Å². The number of anilines is 2. The lowest BCUT2D eigenvalue weighted by Gasteiger charge is -2.32. The molecule has 3 aliphatic rings. The predicted octanol–water partition coefficient (Wildman–Crippen LogP) is 5.05. The molecule has 8 nitrogen and oxygen atoms in total. The average molecular weight is 613 g/mol. The standard InChI is InChI=1S/C35H40N4O4S/c1-26(28-9-11-29(12-10-28)34(40)36-15-4-16-37-17-21-42-22-18-37)33-35(41)39(31-5-2-3-6-32(31)44-33)25-27-7-13-30(14-8-27)38-19-23-43-24-20-38/h2-3,5-14H,4,15-25H2,1H3,(H,36,40)/b33-26-. The molecule has 0 saturated carbocycles. The number of morpholine rings is 2. The Balaban J connectivity index is 1.13. The van der Waals surface area contributed by atoms with Crippen molar-refractivity contribution < 1.29 is 19.1 Å². The maximum absolute atomic E-state index is 14.0. The predicted molar refractivity (Wildman–Crippen MR) is 176 cm³/mol. The largest absolute Gasteiger partial charge is 0.379 e. The van der Waals surface area contributed by atoms with Gasteiger partial charge in [0.1, 0.15) is 0 Å². The lowest BCUT2D eigenvalue weighted by molar-refractivity contribution is -0.114. The van der Waals surface area contributed by atoms with Crippen LogP contribution < -0.4 is 15.1 Å². The zero-order chi connectivity index (χ0) is 30.3. The summed E-state index contributed by atoms with van der Waals surface area (Å²) in [5, 5.41) is 3.04. The van der Waals surface area contributed by atoms with E-state index in [1.807, 2.05) is 54.3 Å². The van der Waals surface area contributed by atoms with Crippen molar-refractivity contribution in [3.05, 3.63) is 94.4 Å². The molecule has 0 bridgehead atoms. The first-order valence-corrected chi connectivity index (χ1v) is 16.3. The number of amides is 2. The minimum Gasteiger partial charge on any atom is -0.379 e. The third kappa shape index (κ3) is 7.18. The highest BCUT2D eigenvalue weighted by molar-refractivity contribution is 8.04. The van der Waals surface area contributed by atoms with E-state index in [1.165, 1.54) is 17.4 Å². The summed E-state index contributed by atoms with van der Waals surface area (Å²) in [5.41, 5.74) is 5.64. The number of ether oxygens (including phenoxy) is 2. The number of thioether (sulfide) groups is 1. The summed E-state index contributed by atoms with van der Waals surface area (Å²) in [5.74, 6) is -0.0859. The lowest BCUT2D eigenvalue weighted by Crippen LogP contribution is -2.38. The number of carbonyl (C=O) groups excluding carboxylic acids is 2. The molecular formula is C35H40N4O4S. The monoisotopic (exact) mass is 612 g/mol. The van der Waals surface area contributed by atoms with Crippen LogP contribution in [-0.4, -0.2) is 82.4 Å². The molecule has 0 radical (unpaired) electrons. The lowest BCUT2D eigenvalue weighted by atomic mass is 10.0. The van der Waals surface area contributed by atoms with E-state index in [2.05, 4.69) is 45.4 Å². The quantitative estimate of drug-likeness (QED) is 0.268. The molecule has 2 fully saturated rings. The molecule has 6 rings (SSSR count). The van der Waals surface area contributed by atoms with Gasteiger partial charge in [-0.05, 0) is 73.0 Å². The van der Waals surface area contributed by atoms with Crippen molar-refractivity contribution in [2.45, 2.75) is 24.8 Å². The van der Waals surface area contributed by atoms with Crippen LogP contribution in [0.15, 0.2) is 82.6 Å². The minimum absolute atomic E-state index is 0.00876. The second kappa shape index (κ2) is 14.4. The number of rotatable bonds is 9. The van der Waals surface area contributed by atoms with E-state index >= 15 is 0 Å². The fraction of sp³-hybridized carbons (Fsp3) is 0.371. The summed E-state index contributed by atoms with van der Waals surface area (Å²) in [4.78, 5) is 35.1. The normalized spacial score (nSPS) is 18.6. The molecular weight excluding hydrogens is 572 g/mol. The Bertz CT molecular complexity index is 1480. The SMILES string of the molecule is C/C(=C1/Sc2ccccc2N(Cc2ccc(N3CCOCC3)cc2)C1=O)c1ccc(C(=O)NCCCN2CCOCC2)cc1. The van der Waals surface area contributed by atoms with Gasteiger partial charge in [-0.2, -0.15) is 0 Å². The van der Waals surface area contributed by atoms with Gasteiger partial charge in [0.2, 0.25) is 0 Å². The van der Waals surface area contributed by atoms with Gasteiger partial charge in [0.05, 0.1) is 43.6 Å². The third-order valence-corrected chi connectivity index (χ3v) is 9.67. The van der Waals surface area contributed by atoms with Crippen molar-refractivity contribution in [1.29, 1.82) is 0 Å². The van der Waals surface area contributed by atoms with Crippen LogP contribution in [-0.2, 0) is 20.8 Å². The van der Waals surface area contributed by atoms with Crippen molar-refractivity contribution in [3.8, 4) is 0 Å². The Morgan fingerprint density at radius 3 is 2.23 bits per heavy atom. The summed E-state index contributed by atoms with van der Waals surface area (Å²) in [6, 6.07) is 24.2. The zero-order valence-electron chi connectivity index (χ0n) is 25.3. The second-order valence-corrected chi connectivity index (χ2v) is 12.4. The van der Waals surface area contributed by atoms with Crippen LogP contribution in [0.5, 0.6) is 0 Å². The first kappa shape index (κ1) is 30.4. The zero-order valence-corrected chi connectivity index (χ0v) is 26.1. The van der Waals surface area contributed by atoms with Crippen LogP contribution in [0.4, 0.5) is 11.4 Å². The summed E-state index contributed by atoms with van der Waals surface area (Å²) >= 11 is 1.52. The number of benzene rings is 3. The number of carbonyl (C=O) groups is 2. The van der Waals surface area contributed by atoms with Crippen molar-refractivity contribution in [2.24, 2.45) is 0 Å². The maximum atomic E-state index is 14.0. The number of hydrogen-bond acceptors (Lipinski definition) is 7. The molecule has 44 heavy (non-hydrogen) atoms. The molecule has 0 aliphatic carbocycles. The van der Waals surface area contributed by atoms with E-state index in [1.54, 1.807) is 0 Å². The Morgan fingerprint density at radius 2 is 1.50 bits per heavy atom. The van der Waals surface area contributed by atoms with Crippen molar-refractivity contribution >= 4 is 40.5 Å². The van der Waals surface area contributed by atoms with Crippen LogP contribution >= 0.6 is 11.8 Å². The van der Waals surface area contributed by atoms with Gasteiger partial charge in [-0.1, -0.05) is 48.2 Å². The smallest absolute Gasteiger partial charge is 0.265 e. The first-order chi connectivity index (χ1) is 21.6. The number of nitrogens with zero attached hydrogens (tertiary/aromatic N) is 3. The maximum Gasteiger partial charge on any atom is 0.265 e. The highest BCUT2D eigenvalue weighted by Crippen LogP contribution is 2.44. The summed E-state index contributed by atoms with van der Waals surface area (Å²) < 4.78 is 10.9. The summed E-state index contributed by atoms with van der Waals surface area (Å²) in [6.45, 7) is 10.8. The fourth-order valence-corrected chi connectivity index (χ4v) is 6.91. The van der Waals surface area contributed by atoms with Gasteiger partial charge in [0, 0.05) is 48.9 Å². The van der Waals surface area contributed by atoms with E-state index < -0.39 is 0 Å². The van der Waals surface area contributed by atoms with E-state index in [9.17, 15) is 9.59 Å². The van der Waals surface area contributed by atoms with Gasteiger partial charge in [-0.25, -0.2) is 0 Å². The Hall–Kier alpha value is -3.63. The molecule has 0 unspecified atom stereocenters. The number of fused-ring (bicyclic) bond motifs is 1. The third-order valence-electron chi connectivity index (χ3n) is 8.42.